The van der Waals surface area contributed by atoms with Crippen LogP contribution in [0, 0.1) is 5.21 Å². The first-order valence-electron chi connectivity index (χ1n) is 4.47. The molecule has 2 saturated heterocycles. The van der Waals surface area contributed by atoms with Gasteiger partial charge in [-0.05, 0) is 12.8 Å². The van der Waals surface area contributed by atoms with Crippen LogP contribution in [0.4, 0.5) is 0 Å². The Morgan fingerprint density at radius 1 is 1.42 bits per heavy atom. The minimum absolute atomic E-state index is 0.282. The van der Waals surface area contributed by atoms with Gasteiger partial charge in [-0.1, -0.05) is 0 Å². The lowest BCUT2D eigenvalue weighted by Crippen LogP contribution is -2.62. The minimum atomic E-state index is -0.410. The van der Waals surface area contributed by atoms with Crippen LogP contribution >= 0.6 is 0 Å². The van der Waals surface area contributed by atoms with E-state index in [1.807, 2.05) is 0 Å². The second-order valence-electron chi connectivity index (χ2n) is 3.58. The van der Waals surface area contributed by atoms with E-state index < -0.39 is 6.04 Å². The van der Waals surface area contributed by atoms with Crippen LogP contribution in [0.2, 0.25) is 0 Å². The Balaban J connectivity index is 2.18. The summed E-state index contributed by atoms with van der Waals surface area (Å²) in [7, 11) is 0. The summed E-state index contributed by atoms with van der Waals surface area (Å²) in [5.74, 6) is -0.282. The topological polar surface area (TPSA) is 49.4 Å². The van der Waals surface area contributed by atoms with Crippen molar-refractivity contribution < 1.29 is 14.2 Å². The van der Waals surface area contributed by atoms with Gasteiger partial charge in [-0.15, -0.1) is 0 Å². The number of hydrogen-bond donors (Lipinski definition) is 0. The number of piperidine rings is 1. The highest BCUT2D eigenvalue weighted by Crippen LogP contribution is 2.27. The first-order chi connectivity index (χ1) is 5.72. The number of morpholine rings is 1. The van der Waals surface area contributed by atoms with Gasteiger partial charge < -0.3 is 14.6 Å². The zero-order valence-corrected chi connectivity index (χ0v) is 6.99. The molecule has 2 fully saturated rings. The van der Waals surface area contributed by atoms with Gasteiger partial charge in [0.15, 0.2) is 6.04 Å². The van der Waals surface area contributed by atoms with Crippen molar-refractivity contribution in [3.8, 4) is 0 Å². The van der Waals surface area contributed by atoms with E-state index in [-0.39, 0.29) is 10.6 Å². The summed E-state index contributed by atoms with van der Waals surface area (Å²) in [6.45, 7) is 1.36. The quantitative estimate of drug-likeness (QED) is 0.301. The number of carbonyl (C=O) groups is 1. The fourth-order valence-electron chi connectivity index (χ4n) is 2.08. The van der Waals surface area contributed by atoms with Crippen LogP contribution in [0.25, 0.3) is 0 Å². The van der Waals surface area contributed by atoms with Crippen LogP contribution in [0.15, 0.2) is 0 Å². The van der Waals surface area contributed by atoms with Gasteiger partial charge in [0.2, 0.25) is 0 Å². The Hall–Kier alpha value is -0.610. The molecule has 0 aromatic rings. The summed E-state index contributed by atoms with van der Waals surface area (Å²) in [6, 6.07) is -0.410. The maximum atomic E-state index is 12.0. The average Bonchev–Trinajstić information content (AvgIpc) is 2.04. The Morgan fingerprint density at radius 3 is 3.00 bits per heavy atom. The number of ether oxygens (including phenoxy) is 1. The lowest BCUT2D eigenvalue weighted by molar-refractivity contribution is -0.906. The minimum Gasteiger partial charge on any atom is -0.632 e. The van der Waals surface area contributed by atoms with Gasteiger partial charge in [-0.2, -0.15) is 0 Å². The van der Waals surface area contributed by atoms with Gasteiger partial charge in [0.05, 0.1) is 6.54 Å². The highest BCUT2D eigenvalue weighted by atomic mass is 16.6. The summed E-state index contributed by atoms with van der Waals surface area (Å²) in [5, 5.41) is 12.0. The Bertz CT molecular complexity index is 202. The average molecular weight is 171 g/mol. The molecule has 2 aliphatic heterocycles. The highest BCUT2D eigenvalue weighted by molar-refractivity contribution is 5.75. The molecule has 68 valence electrons. The first-order valence-corrected chi connectivity index (χ1v) is 4.47. The number of carbonyl (C=O) groups excluding carboxylic acids is 1. The third kappa shape index (κ3) is 1.11. The zero-order valence-electron chi connectivity index (χ0n) is 6.99. The van der Waals surface area contributed by atoms with Crippen molar-refractivity contribution in [1.29, 1.82) is 0 Å². The SMILES string of the molecule is O=C1OCC[N+]2([O-])CCCC[C@@H]12. The van der Waals surface area contributed by atoms with Gasteiger partial charge in [-0.25, -0.2) is 4.79 Å². The third-order valence-electron chi connectivity index (χ3n) is 2.82. The van der Waals surface area contributed by atoms with Crippen molar-refractivity contribution in [1.82, 2.24) is 0 Å². The second-order valence-corrected chi connectivity index (χ2v) is 3.58. The van der Waals surface area contributed by atoms with Gasteiger partial charge in [-0.3, -0.25) is 0 Å². The molecule has 2 atom stereocenters. The van der Waals surface area contributed by atoms with Crippen LogP contribution in [-0.4, -0.2) is 36.4 Å². The molecule has 0 aromatic heterocycles. The van der Waals surface area contributed by atoms with E-state index in [1.165, 1.54) is 0 Å². The van der Waals surface area contributed by atoms with Crippen LogP contribution in [0.3, 0.4) is 0 Å². The number of cyclic esters (lactones) is 1. The molecule has 2 heterocycles. The monoisotopic (exact) mass is 171 g/mol. The second kappa shape index (κ2) is 2.71. The molecule has 12 heavy (non-hydrogen) atoms. The van der Waals surface area contributed by atoms with Crippen molar-refractivity contribution in [3.63, 3.8) is 0 Å². The summed E-state index contributed by atoms with van der Waals surface area (Å²) in [4.78, 5) is 11.2. The van der Waals surface area contributed by atoms with Gasteiger partial charge in [0, 0.05) is 6.42 Å². The summed E-state index contributed by atoms with van der Waals surface area (Å²) in [6.07, 6.45) is 2.65. The standard InChI is InChI=1S/C8H13NO3/c10-8-7-3-1-2-4-9(7,11)5-6-12-8/h7H,1-6H2/t7-,9?/m0/s1. The van der Waals surface area contributed by atoms with E-state index in [9.17, 15) is 10.0 Å². The molecule has 4 nitrogen and oxygen atoms in total. The van der Waals surface area contributed by atoms with Crippen molar-refractivity contribution in [2.45, 2.75) is 25.3 Å². The lowest BCUT2D eigenvalue weighted by atomic mass is 10.0. The fraction of sp³-hybridized carbons (Fsp3) is 0.875. The summed E-state index contributed by atoms with van der Waals surface area (Å²) >= 11 is 0. The van der Waals surface area contributed by atoms with Gasteiger partial charge >= 0.3 is 5.97 Å². The van der Waals surface area contributed by atoms with Crippen molar-refractivity contribution >= 4 is 5.97 Å². The van der Waals surface area contributed by atoms with E-state index in [4.69, 9.17) is 4.74 Å². The van der Waals surface area contributed by atoms with Crippen LogP contribution in [0.5, 0.6) is 0 Å². The Labute approximate surface area is 71.3 Å². The molecule has 0 spiro atoms. The fourth-order valence-corrected chi connectivity index (χ4v) is 2.08. The Morgan fingerprint density at radius 2 is 2.25 bits per heavy atom. The Kier molecular flexibility index (Phi) is 1.81. The van der Waals surface area contributed by atoms with E-state index in [1.54, 1.807) is 0 Å². The molecule has 4 heteroatoms. The van der Waals surface area contributed by atoms with Crippen LogP contribution in [0.1, 0.15) is 19.3 Å². The van der Waals surface area contributed by atoms with E-state index in [0.717, 1.165) is 12.8 Å². The lowest BCUT2D eigenvalue weighted by Gasteiger charge is -2.51. The van der Waals surface area contributed by atoms with Crippen LogP contribution < -0.4 is 0 Å². The van der Waals surface area contributed by atoms with Crippen molar-refractivity contribution in [3.05, 3.63) is 5.21 Å². The summed E-state index contributed by atoms with van der Waals surface area (Å²) < 4.78 is 4.54. The zero-order chi connectivity index (χ0) is 8.60. The number of fused-ring (bicyclic) bond motifs is 1. The normalized spacial score (nSPS) is 41.8. The van der Waals surface area contributed by atoms with Crippen molar-refractivity contribution in [2.24, 2.45) is 0 Å². The number of hydrogen-bond acceptors (Lipinski definition) is 3. The van der Waals surface area contributed by atoms with Gasteiger partial charge in [0.1, 0.15) is 13.2 Å². The van der Waals surface area contributed by atoms with Gasteiger partial charge in [0.25, 0.3) is 0 Å². The highest BCUT2D eigenvalue weighted by Gasteiger charge is 2.41. The number of nitrogens with zero attached hydrogens (tertiary/aromatic N) is 1. The van der Waals surface area contributed by atoms with E-state index in [0.29, 0.717) is 26.1 Å². The van der Waals surface area contributed by atoms with E-state index in [2.05, 4.69) is 0 Å². The third-order valence-corrected chi connectivity index (χ3v) is 2.82. The predicted molar refractivity (Wildman–Crippen MR) is 42.0 cm³/mol. The molecule has 0 aromatic carbocycles. The first kappa shape index (κ1) is 8.01. The molecule has 0 aliphatic carbocycles. The number of hydroxylamine groups is 3. The molecular formula is C8H13NO3. The smallest absolute Gasteiger partial charge is 0.365 e. The number of rotatable bonds is 0. The molecule has 0 saturated carbocycles. The maximum absolute atomic E-state index is 12.0. The molecule has 0 N–H and O–H groups in total. The number of esters is 1. The molecule has 0 bridgehead atoms. The van der Waals surface area contributed by atoms with Crippen LogP contribution in [-0.2, 0) is 9.53 Å². The molecular weight excluding hydrogens is 158 g/mol. The predicted octanol–water partition coefficient (Wildman–Crippen LogP) is 0.410. The molecule has 2 rings (SSSR count). The largest absolute Gasteiger partial charge is 0.632 e. The van der Waals surface area contributed by atoms with E-state index >= 15 is 0 Å². The van der Waals surface area contributed by atoms with Crippen molar-refractivity contribution in [2.75, 3.05) is 19.7 Å². The molecule has 2 aliphatic rings. The molecule has 0 radical (unpaired) electrons. The molecule has 0 amide bonds. The summed E-state index contributed by atoms with van der Waals surface area (Å²) in [5.41, 5.74) is 0. The maximum Gasteiger partial charge on any atom is 0.365 e. The number of quaternary nitrogens is 1. The molecule has 1 unspecified atom stereocenters.